The van der Waals surface area contributed by atoms with Gasteiger partial charge in [0.1, 0.15) is 5.58 Å². The number of rotatable bonds is 7. The molecule has 0 bridgehead atoms. The lowest BCUT2D eigenvalue weighted by molar-refractivity contribution is 0.669. The predicted octanol–water partition coefficient (Wildman–Crippen LogP) is 15.2. The average Bonchev–Trinajstić information content (AvgIpc) is 3.84. The van der Waals surface area contributed by atoms with Crippen molar-refractivity contribution in [2.75, 3.05) is 4.90 Å². The normalized spacial score (nSPS) is 11.5. The maximum absolute atomic E-state index is 6.62. The van der Waals surface area contributed by atoms with Crippen LogP contribution in [0, 0.1) is 0 Å². The number of hydrogen-bond acceptors (Lipinski definition) is 2. The van der Waals surface area contributed by atoms with Gasteiger partial charge in [-0.15, -0.1) is 0 Å². The molecule has 0 aliphatic heterocycles. The Labute approximate surface area is 330 Å². The Hall–Kier alpha value is -7.62. The van der Waals surface area contributed by atoms with Crippen molar-refractivity contribution in [3.63, 3.8) is 0 Å². The van der Waals surface area contributed by atoms with Crippen molar-refractivity contribution < 1.29 is 4.42 Å². The summed E-state index contributed by atoms with van der Waals surface area (Å²) in [7, 11) is 0. The van der Waals surface area contributed by atoms with Gasteiger partial charge in [0.05, 0.1) is 28.1 Å². The minimum Gasteiger partial charge on any atom is -0.454 e. The number of furan rings is 1. The van der Waals surface area contributed by atoms with Crippen LogP contribution in [0.3, 0.4) is 0 Å². The van der Waals surface area contributed by atoms with Crippen molar-refractivity contribution in [1.82, 2.24) is 4.57 Å². The molecule has 0 aliphatic rings. The van der Waals surface area contributed by atoms with Crippen molar-refractivity contribution in [3.8, 4) is 39.1 Å². The fourth-order valence-corrected chi connectivity index (χ4v) is 8.59. The van der Waals surface area contributed by atoms with Crippen molar-refractivity contribution >= 4 is 60.8 Å². The van der Waals surface area contributed by atoms with E-state index in [0.29, 0.717) is 0 Å². The molecule has 0 atom stereocenters. The maximum atomic E-state index is 6.62. The van der Waals surface area contributed by atoms with E-state index in [1.807, 2.05) is 12.1 Å². The van der Waals surface area contributed by atoms with Gasteiger partial charge in [-0.1, -0.05) is 170 Å². The number of aromatic nitrogens is 1. The van der Waals surface area contributed by atoms with Crippen molar-refractivity contribution in [1.29, 1.82) is 0 Å². The van der Waals surface area contributed by atoms with Gasteiger partial charge in [0.15, 0.2) is 5.58 Å². The largest absolute Gasteiger partial charge is 0.454 e. The van der Waals surface area contributed by atoms with E-state index in [2.05, 4.69) is 216 Å². The number of para-hydroxylation sites is 6. The Bertz CT molecular complexity index is 3170. The summed E-state index contributed by atoms with van der Waals surface area (Å²) in [6.07, 6.45) is 0. The van der Waals surface area contributed by atoms with Gasteiger partial charge in [0.2, 0.25) is 0 Å². The zero-order valence-electron chi connectivity index (χ0n) is 31.1. The molecule has 11 aromatic rings. The minimum absolute atomic E-state index is 0.863. The summed E-state index contributed by atoms with van der Waals surface area (Å²) >= 11 is 0. The minimum atomic E-state index is 0.863. The highest BCUT2D eigenvalue weighted by Gasteiger charge is 2.22. The molecule has 57 heavy (non-hydrogen) atoms. The van der Waals surface area contributed by atoms with Crippen molar-refractivity contribution in [2.45, 2.75) is 0 Å². The third-order valence-electron chi connectivity index (χ3n) is 11.2. The lowest BCUT2D eigenvalue weighted by Crippen LogP contribution is -2.11. The van der Waals surface area contributed by atoms with E-state index in [1.165, 1.54) is 38.6 Å². The van der Waals surface area contributed by atoms with Gasteiger partial charge < -0.3 is 13.9 Å². The van der Waals surface area contributed by atoms with Gasteiger partial charge in [-0.25, -0.2) is 0 Å². The number of hydrogen-bond donors (Lipinski definition) is 0. The molecule has 0 amide bonds. The standard InChI is InChI=1S/C54H36N2O/c1-2-15-39(16-3-1)42-17-4-9-23-48(42)55(52-27-14-22-47-46-21-8-13-28-53(46)57-54(47)52)41-35-33-38(34-36-41)37-29-31-40(32-30-37)43-18-5-10-24-49(43)56-50-25-11-6-19-44(50)45-20-7-12-26-51(45)56/h1-36H. The van der Waals surface area contributed by atoms with E-state index in [9.17, 15) is 0 Å². The summed E-state index contributed by atoms with van der Waals surface area (Å²) < 4.78 is 9.03. The highest BCUT2D eigenvalue weighted by Crippen LogP contribution is 2.45. The maximum Gasteiger partial charge on any atom is 0.159 e. The Morgan fingerprint density at radius 1 is 0.333 bits per heavy atom. The van der Waals surface area contributed by atoms with Crippen LogP contribution in [0.2, 0.25) is 0 Å². The summed E-state index contributed by atoms with van der Waals surface area (Å²) in [6, 6.07) is 78.0. The van der Waals surface area contributed by atoms with E-state index < -0.39 is 0 Å². The predicted molar refractivity (Wildman–Crippen MR) is 239 cm³/mol. The molecule has 2 heterocycles. The second-order valence-electron chi connectivity index (χ2n) is 14.5. The first kappa shape index (κ1) is 32.8. The first-order chi connectivity index (χ1) is 28.3. The second-order valence-corrected chi connectivity index (χ2v) is 14.5. The van der Waals surface area contributed by atoms with Gasteiger partial charge in [0, 0.05) is 38.4 Å². The number of anilines is 3. The van der Waals surface area contributed by atoms with Crippen LogP contribution in [-0.2, 0) is 0 Å². The third-order valence-corrected chi connectivity index (χ3v) is 11.2. The topological polar surface area (TPSA) is 21.3 Å². The van der Waals surface area contributed by atoms with Gasteiger partial charge in [-0.2, -0.15) is 0 Å². The summed E-state index contributed by atoms with van der Waals surface area (Å²) in [5.41, 5.74) is 15.4. The lowest BCUT2D eigenvalue weighted by atomic mass is 9.98. The molecule has 0 aliphatic carbocycles. The molecule has 268 valence electrons. The Balaban J connectivity index is 0.995. The first-order valence-electron chi connectivity index (χ1n) is 19.4. The molecule has 3 nitrogen and oxygen atoms in total. The highest BCUT2D eigenvalue weighted by atomic mass is 16.3. The number of fused-ring (bicyclic) bond motifs is 6. The van der Waals surface area contributed by atoms with Gasteiger partial charge in [-0.05, 0) is 70.8 Å². The fourth-order valence-electron chi connectivity index (χ4n) is 8.59. The number of benzene rings is 9. The van der Waals surface area contributed by atoms with Gasteiger partial charge in [-0.3, -0.25) is 0 Å². The Morgan fingerprint density at radius 3 is 1.58 bits per heavy atom. The monoisotopic (exact) mass is 728 g/mol. The SMILES string of the molecule is c1ccc(-c2ccccc2N(c2ccc(-c3ccc(-c4ccccc4-n4c5ccccc5c5ccccc54)cc3)cc2)c2cccc3c2oc2ccccc23)cc1. The smallest absolute Gasteiger partial charge is 0.159 e. The quantitative estimate of drug-likeness (QED) is 0.163. The van der Waals surface area contributed by atoms with Crippen LogP contribution >= 0.6 is 0 Å². The molecule has 0 saturated carbocycles. The highest BCUT2D eigenvalue weighted by molar-refractivity contribution is 6.11. The van der Waals surface area contributed by atoms with Gasteiger partial charge >= 0.3 is 0 Å². The third kappa shape index (κ3) is 5.51. The van der Waals surface area contributed by atoms with E-state index in [1.54, 1.807) is 0 Å². The zero-order valence-corrected chi connectivity index (χ0v) is 31.1. The molecular weight excluding hydrogens is 693 g/mol. The van der Waals surface area contributed by atoms with Crippen LogP contribution in [0.25, 0.3) is 82.8 Å². The molecule has 0 N–H and O–H groups in total. The molecule has 0 radical (unpaired) electrons. The molecule has 9 aromatic carbocycles. The number of nitrogens with zero attached hydrogens (tertiary/aromatic N) is 2. The van der Waals surface area contributed by atoms with E-state index >= 15 is 0 Å². The molecule has 2 aromatic heterocycles. The molecular formula is C54H36N2O. The molecule has 0 saturated heterocycles. The summed E-state index contributed by atoms with van der Waals surface area (Å²) in [4.78, 5) is 2.34. The summed E-state index contributed by atoms with van der Waals surface area (Å²) in [5.74, 6) is 0. The van der Waals surface area contributed by atoms with E-state index in [0.717, 1.165) is 61.3 Å². The Kier molecular flexibility index (Phi) is 7.82. The van der Waals surface area contributed by atoms with E-state index in [-0.39, 0.29) is 0 Å². The second kappa shape index (κ2) is 13.6. The van der Waals surface area contributed by atoms with Crippen LogP contribution in [0.4, 0.5) is 17.1 Å². The summed E-state index contributed by atoms with van der Waals surface area (Å²) in [6.45, 7) is 0. The fraction of sp³-hybridized carbons (Fsp3) is 0. The van der Waals surface area contributed by atoms with Crippen LogP contribution in [-0.4, -0.2) is 4.57 Å². The van der Waals surface area contributed by atoms with Crippen molar-refractivity contribution in [2.24, 2.45) is 0 Å². The van der Waals surface area contributed by atoms with E-state index in [4.69, 9.17) is 4.42 Å². The molecule has 0 fully saturated rings. The first-order valence-corrected chi connectivity index (χ1v) is 19.4. The van der Waals surface area contributed by atoms with Crippen LogP contribution in [0.1, 0.15) is 0 Å². The lowest BCUT2D eigenvalue weighted by Gasteiger charge is -2.28. The molecule has 11 rings (SSSR count). The van der Waals surface area contributed by atoms with Crippen molar-refractivity contribution in [3.05, 3.63) is 218 Å². The van der Waals surface area contributed by atoms with Crippen LogP contribution in [0.15, 0.2) is 223 Å². The van der Waals surface area contributed by atoms with Gasteiger partial charge in [0.25, 0.3) is 0 Å². The Morgan fingerprint density at radius 2 is 0.842 bits per heavy atom. The van der Waals surface area contributed by atoms with Crippen LogP contribution < -0.4 is 4.90 Å². The molecule has 0 unspecified atom stereocenters. The van der Waals surface area contributed by atoms with Crippen LogP contribution in [0.5, 0.6) is 0 Å². The zero-order chi connectivity index (χ0) is 37.7. The summed E-state index contributed by atoms with van der Waals surface area (Å²) in [5, 5.41) is 4.74. The molecule has 3 heteroatoms. The average molecular weight is 729 g/mol. The molecule has 0 spiro atoms.